The maximum absolute atomic E-state index is 4.61. The Hall–Kier alpha value is -1.62. The number of aromatic nitrogens is 3. The first-order valence-electron chi connectivity index (χ1n) is 7.75. The van der Waals surface area contributed by atoms with Crippen LogP contribution in [0.25, 0.3) is 5.65 Å². The normalized spacial score (nSPS) is 13.1. The summed E-state index contributed by atoms with van der Waals surface area (Å²) in [6.45, 7) is 12.5. The van der Waals surface area contributed by atoms with Crippen molar-refractivity contribution < 1.29 is 0 Å². The van der Waals surface area contributed by atoms with Crippen LogP contribution < -0.4 is 5.32 Å². The molecular weight excluding hydrogens is 262 g/mol. The fraction of sp³-hybridized carbons (Fsp3) is 0.625. The molecule has 0 aromatic carbocycles. The number of hydrogen-bond donors (Lipinski definition) is 1. The Balaban J connectivity index is 2.28. The van der Waals surface area contributed by atoms with Crippen molar-refractivity contribution in [1.82, 2.24) is 19.5 Å². The summed E-state index contributed by atoms with van der Waals surface area (Å²) in [5, 5.41) is 8.15. The summed E-state index contributed by atoms with van der Waals surface area (Å²) >= 11 is 0. The Morgan fingerprint density at radius 1 is 1.29 bits per heavy atom. The zero-order chi connectivity index (χ0) is 15.6. The summed E-state index contributed by atoms with van der Waals surface area (Å²) in [5.41, 5.74) is 4.16. The summed E-state index contributed by atoms with van der Waals surface area (Å²) in [7, 11) is 2.17. The van der Waals surface area contributed by atoms with E-state index in [0.29, 0.717) is 6.04 Å². The quantitative estimate of drug-likeness (QED) is 0.888. The first-order valence-corrected chi connectivity index (χ1v) is 7.75. The number of fused-ring (bicyclic) bond motifs is 1. The van der Waals surface area contributed by atoms with E-state index in [9.17, 15) is 0 Å². The van der Waals surface area contributed by atoms with Crippen molar-refractivity contribution in [2.24, 2.45) is 0 Å². The molecule has 5 nitrogen and oxygen atoms in total. The predicted molar refractivity (Wildman–Crippen MR) is 88.1 cm³/mol. The minimum absolute atomic E-state index is 0.524. The van der Waals surface area contributed by atoms with Crippen molar-refractivity contribution in [3.8, 4) is 0 Å². The van der Waals surface area contributed by atoms with Crippen molar-refractivity contribution in [3.63, 3.8) is 0 Å². The largest absolute Gasteiger partial charge is 0.368 e. The smallest absolute Gasteiger partial charge is 0.160 e. The maximum Gasteiger partial charge on any atom is 0.160 e. The van der Waals surface area contributed by atoms with E-state index in [1.54, 1.807) is 0 Å². The van der Waals surface area contributed by atoms with Crippen LogP contribution >= 0.6 is 0 Å². The number of hydrogen-bond acceptors (Lipinski definition) is 4. The van der Waals surface area contributed by atoms with Gasteiger partial charge >= 0.3 is 0 Å². The van der Waals surface area contributed by atoms with Crippen molar-refractivity contribution in [3.05, 3.63) is 23.0 Å². The van der Waals surface area contributed by atoms with E-state index < -0.39 is 0 Å². The van der Waals surface area contributed by atoms with Gasteiger partial charge in [0, 0.05) is 29.9 Å². The second kappa shape index (κ2) is 6.43. The van der Waals surface area contributed by atoms with Crippen LogP contribution in [0.3, 0.4) is 0 Å². The highest BCUT2D eigenvalue weighted by molar-refractivity contribution is 5.55. The van der Waals surface area contributed by atoms with Gasteiger partial charge in [-0.1, -0.05) is 13.8 Å². The van der Waals surface area contributed by atoms with Gasteiger partial charge in [0.05, 0.1) is 5.69 Å². The Bertz CT molecular complexity index is 617. The first kappa shape index (κ1) is 15.8. The fourth-order valence-corrected chi connectivity index (χ4v) is 2.57. The maximum atomic E-state index is 4.61. The third kappa shape index (κ3) is 3.18. The summed E-state index contributed by atoms with van der Waals surface area (Å²) in [6.07, 6.45) is 1.13. The molecule has 0 aliphatic heterocycles. The van der Waals surface area contributed by atoms with Crippen molar-refractivity contribution in [2.75, 3.05) is 25.5 Å². The van der Waals surface area contributed by atoms with Crippen LogP contribution in [0.4, 0.5) is 5.82 Å². The number of anilines is 1. The Kier molecular flexibility index (Phi) is 4.83. The Labute approximate surface area is 127 Å². The molecule has 2 rings (SSSR count). The molecule has 2 aromatic rings. The minimum atomic E-state index is 0.524. The zero-order valence-corrected chi connectivity index (χ0v) is 14.1. The van der Waals surface area contributed by atoms with Gasteiger partial charge in [-0.25, -0.2) is 4.98 Å². The van der Waals surface area contributed by atoms with E-state index in [-0.39, 0.29) is 0 Å². The summed E-state index contributed by atoms with van der Waals surface area (Å²) < 4.78 is 1.93. The molecule has 116 valence electrons. The van der Waals surface area contributed by atoms with E-state index in [1.165, 1.54) is 0 Å². The monoisotopic (exact) mass is 289 g/mol. The van der Waals surface area contributed by atoms with Crippen LogP contribution in [0.1, 0.15) is 37.2 Å². The van der Waals surface area contributed by atoms with E-state index in [0.717, 1.165) is 47.9 Å². The highest BCUT2D eigenvalue weighted by Crippen LogP contribution is 2.18. The van der Waals surface area contributed by atoms with Gasteiger partial charge in [-0.15, -0.1) is 0 Å². The standard InChI is InChI=1S/C16H27N5/c1-7-14(20(6)8-2)10-17-15-9-11(3)18-16-12(4)13(5)19-21(15)16/h9,14,17H,7-8,10H2,1-6H3/t14-/m1/s1. The Morgan fingerprint density at radius 2 is 2.00 bits per heavy atom. The molecule has 21 heavy (non-hydrogen) atoms. The van der Waals surface area contributed by atoms with Crippen molar-refractivity contribution in [1.29, 1.82) is 0 Å². The molecule has 2 heterocycles. The van der Waals surface area contributed by atoms with Gasteiger partial charge in [-0.3, -0.25) is 0 Å². The molecule has 0 radical (unpaired) electrons. The molecule has 2 aromatic heterocycles. The average molecular weight is 289 g/mol. The van der Waals surface area contributed by atoms with Crippen LogP contribution in [0.15, 0.2) is 6.07 Å². The van der Waals surface area contributed by atoms with Crippen LogP contribution in [-0.4, -0.2) is 45.7 Å². The molecule has 0 amide bonds. The van der Waals surface area contributed by atoms with E-state index >= 15 is 0 Å². The average Bonchev–Trinajstić information content (AvgIpc) is 2.75. The summed E-state index contributed by atoms with van der Waals surface area (Å²) in [4.78, 5) is 6.98. The van der Waals surface area contributed by atoms with Crippen LogP contribution in [0.5, 0.6) is 0 Å². The fourth-order valence-electron chi connectivity index (χ4n) is 2.57. The molecule has 0 aliphatic carbocycles. The molecular formula is C16H27N5. The van der Waals surface area contributed by atoms with Gasteiger partial charge in [0.25, 0.3) is 0 Å². The summed E-state index contributed by atoms with van der Waals surface area (Å²) in [6, 6.07) is 2.59. The zero-order valence-electron chi connectivity index (χ0n) is 14.1. The highest BCUT2D eigenvalue weighted by Gasteiger charge is 2.14. The second-order valence-electron chi connectivity index (χ2n) is 5.74. The summed E-state index contributed by atoms with van der Waals surface area (Å²) in [5.74, 6) is 1.02. The van der Waals surface area contributed by atoms with E-state index in [1.807, 2.05) is 18.4 Å². The topological polar surface area (TPSA) is 45.5 Å². The Morgan fingerprint density at radius 3 is 2.62 bits per heavy atom. The first-order chi connectivity index (χ1) is 9.97. The molecule has 1 atom stereocenters. The second-order valence-corrected chi connectivity index (χ2v) is 5.74. The van der Waals surface area contributed by atoms with Crippen LogP contribution in [-0.2, 0) is 0 Å². The number of nitrogens with zero attached hydrogens (tertiary/aromatic N) is 4. The third-order valence-electron chi connectivity index (χ3n) is 4.30. The van der Waals surface area contributed by atoms with Crippen LogP contribution in [0.2, 0.25) is 0 Å². The highest BCUT2D eigenvalue weighted by atomic mass is 15.3. The van der Waals surface area contributed by atoms with Gasteiger partial charge < -0.3 is 10.2 Å². The SMILES string of the molecule is CC[C@H](CNc1cc(C)nc2c(C)c(C)nn12)N(C)CC. The van der Waals surface area contributed by atoms with E-state index in [4.69, 9.17) is 0 Å². The van der Waals surface area contributed by atoms with Crippen molar-refractivity contribution in [2.45, 2.75) is 47.1 Å². The van der Waals surface area contributed by atoms with Crippen LogP contribution in [0, 0.1) is 20.8 Å². The molecule has 1 N–H and O–H groups in total. The van der Waals surface area contributed by atoms with Gasteiger partial charge in [0.1, 0.15) is 5.82 Å². The van der Waals surface area contributed by atoms with Gasteiger partial charge in [-0.2, -0.15) is 9.61 Å². The van der Waals surface area contributed by atoms with E-state index in [2.05, 4.69) is 54.2 Å². The lowest BCUT2D eigenvalue weighted by Crippen LogP contribution is -2.36. The van der Waals surface area contributed by atoms with Gasteiger partial charge in [-0.05, 0) is 40.8 Å². The van der Waals surface area contributed by atoms with Crippen molar-refractivity contribution >= 4 is 11.5 Å². The predicted octanol–water partition coefficient (Wildman–Crippen LogP) is 2.80. The molecule has 0 saturated carbocycles. The molecule has 0 spiro atoms. The number of aryl methyl sites for hydroxylation is 3. The lowest BCUT2D eigenvalue weighted by molar-refractivity contribution is 0.257. The molecule has 0 unspecified atom stereocenters. The lowest BCUT2D eigenvalue weighted by Gasteiger charge is -2.26. The number of rotatable bonds is 6. The third-order valence-corrected chi connectivity index (χ3v) is 4.30. The molecule has 0 aliphatic rings. The molecule has 0 bridgehead atoms. The molecule has 5 heteroatoms. The minimum Gasteiger partial charge on any atom is -0.368 e. The van der Waals surface area contributed by atoms with Gasteiger partial charge in [0.2, 0.25) is 0 Å². The number of nitrogens with one attached hydrogen (secondary N) is 1. The molecule has 0 saturated heterocycles. The van der Waals surface area contributed by atoms with Gasteiger partial charge in [0.15, 0.2) is 5.65 Å². The number of likely N-dealkylation sites (N-methyl/N-ethyl adjacent to an activating group) is 1. The molecule has 0 fully saturated rings. The lowest BCUT2D eigenvalue weighted by atomic mass is 10.2.